The molecule has 2 rings (SSSR count). The first-order chi connectivity index (χ1) is 11.5. The van der Waals surface area contributed by atoms with Crippen molar-refractivity contribution in [3.63, 3.8) is 0 Å². The topological polar surface area (TPSA) is 103 Å². The molecule has 0 spiro atoms. The van der Waals surface area contributed by atoms with Gasteiger partial charge in [-0.05, 0) is 31.3 Å². The summed E-state index contributed by atoms with van der Waals surface area (Å²) in [6.45, 7) is 2.38. The molecule has 1 heterocycles. The van der Waals surface area contributed by atoms with E-state index in [4.69, 9.17) is 27.4 Å². The highest BCUT2D eigenvalue weighted by molar-refractivity contribution is 7.80. The predicted molar refractivity (Wildman–Crippen MR) is 95.8 cm³/mol. The summed E-state index contributed by atoms with van der Waals surface area (Å²) in [4.78, 5) is 11.6. The minimum Gasteiger partial charge on any atom is -0.497 e. The van der Waals surface area contributed by atoms with Crippen LogP contribution in [0.15, 0.2) is 24.4 Å². The van der Waals surface area contributed by atoms with Crippen LogP contribution in [-0.4, -0.2) is 35.0 Å². The van der Waals surface area contributed by atoms with Gasteiger partial charge in [-0.25, -0.2) is 0 Å². The maximum atomic E-state index is 11.6. The number of hydrogen-bond donors (Lipinski definition) is 3. The fourth-order valence-corrected chi connectivity index (χ4v) is 2.38. The first-order valence-electron chi connectivity index (χ1n) is 7.15. The van der Waals surface area contributed by atoms with Crippen molar-refractivity contribution in [3.05, 3.63) is 30.1 Å². The zero-order valence-corrected chi connectivity index (χ0v) is 14.4. The zero-order valence-electron chi connectivity index (χ0n) is 13.6. The van der Waals surface area contributed by atoms with Gasteiger partial charge in [-0.15, -0.1) is 0 Å². The summed E-state index contributed by atoms with van der Waals surface area (Å²) >= 11 is 5.29. The van der Waals surface area contributed by atoms with E-state index in [-0.39, 0.29) is 10.8 Å². The summed E-state index contributed by atoms with van der Waals surface area (Å²) in [5.41, 5.74) is 6.73. The number of hydrogen-bond acceptors (Lipinski definition) is 5. The number of primary amides is 1. The van der Waals surface area contributed by atoms with Gasteiger partial charge in [-0.2, -0.15) is 5.10 Å². The van der Waals surface area contributed by atoms with E-state index in [0.29, 0.717) is 29.4 Å². The largest absolute Gasteiger partial charge is 0.497 e. The smallest absolute Gasteiger partial charge is 0.269 e. The third-order valence-corrected chi connectivity index (χ3v) is 3.48. The first kappa shape index (κ1) is 17.5. The highest BCUT2D eigenvalue weighted by atomic mass is 32.1. The highest BCUT2D eigenvalue weighted by Gasteiger charge is 2.16. The Hall–Kier alpha value is -2.81. The second-order valence-electron chi connectivity index (χ2n) is 4.73. The minimum atomic E-state index is -0.585. The number of carbonyl (C=O) groups excluding carboxylic acids is 1. The number of anilines is 2. The molecule has 128 valence electrons. The SMILES string of the molecule is CCn1ncc(NC(=S)Nc2cc(OC)ccc2OC)c1C(N)=O. The van der Waals surface area contributed by atoms with Crippen LogP contribution in [0, 0.1) is 0 Å². The maximum Gasteiger partial charge on any atom is 0.269 e. The number of carbonyl (C=O) groups is 1. The molecule has 0 unspecified atom stereocenters. The van der Waals surface area contributed by atoms with Crippen molar-refractivity contribution in [2.24, 2.45) is 5.73 Å². The maximum absolute atomic E-state index is 11.6. The van der Waals surface area contributed by atoms with Crippen LogP contribution in [0.25, 0.3) is 0 Å². The van der Waals surface area contributed by atoms with Gasteiger partial charge in [-0.1, -0.05) is 0 Å². The minimum absolute atomic E-state index is 0.263. The number of thiocarbonyl (C=S) groups is 1. The van der Waals surface area contributed by atoms with Crippen molar-refractivity contribution in [2.75, 3.05) is 24.9 Å². The molecule has 0 aliphatic carbocycles. The number of amides is 1. The molecule has 24 heavy (non-hydrogen) atoms. The standard InChI is InChI=1S/C15H19N5O3S/c1-4-20-13(14(16)21)11(8-17-20)19-15(24)18-10-7-9(22-2)5-6-12(10)23-3/h5-8H,4H2,1-3H3,(H2,16,21)(H2,18,19,24). The van der Waals surface area contributed by atoms with Gasteiger partial charge in [0.25, 0.3) is 5.91 Å². The molecule has 1 aromatic carbocycles. The summed E-state index contributed by atoms with van der Waals surface area (Å²) < 4.78 is 12.0. The molecule has 0 aliphatic rings. The lowest BCUT2D eigenvalue weighted by Gasteiger charge is -2.14. The molecule has 0 fully saturated rings. The van der Waals surface area contributed by atoms with Gasteiger partial charge in [0.15, 0.2) is 5.11 Å². The van der Waals surface area contributed by atoms with Gasteiger partial charge in [0, 0.05) is 12.6 Å². The summed E-state index contributed by atoms with van der Waals surface area (Å²) in [6.07, 6.45) is 1.50. The van der Waals surface area contributed by atoms with E-state index < -0.39 is 5.91 Å². The number of methoxy groups -OCH3 is 2. The second kappa shape index (κ2) is 7.64. The van der Waals surface area contributed by atoms with Crippen LogP contribution < -0.4 is 25.8 Å². The van der Waals surface area contributed by atoms with Crippen LogP contribution in [0.2, 0.25) is 0 Å². The lowest BCUT2D eigenvalue weighted by molar-refractivity contribution is 0.0991. The van der Waals surface area contributed by atoms with Gasteiger partial charge in [0.1, 0.15) is 17.2 Å². The Labute approximate surface area is 144 Å². The molecule has 0 atom stereocenters. The van der Waals surface area contributed by atoms with Crippen molar-refractivity contribution in [1.29, 1.82) is 0 Å². The molecule has 2 aromatic rings. The van der Waals surface area contributed by atoms with Crippen molar-refractivity contribution in [3.8, 4) is 11.5 Å². The number of benzene rings is 1. The van der Waals surface area contributed by atoms with E-state index in [1.165, 1.54) is 10.9 Å². The lowest BCUT2D eigenvalue weighted by atomic mass is 10.2. The van der Waals surface area contributed by atoms with Crippen LogP contribution in [0.1, 0.15) is 17.4 Å². The second-order valence-corrected chi connectivity index (χ2v) is 5.14. The van der Waals surface area contributed by atoms with Gasteiger partial charge in [0.2, 0.25) is 0 Å². The highest BCUT2D eigenvalue weighted by Crippen LogP contribution is 2.29. The lowest BCUT2D eigenvalue weighted by Crippen LogP contribution is -2.23. The molecule has 1 aromatic heterocycles. The first-order valence-corrected chi connectivity index (χ1v) is 7.56. The average molecular weight is 349 g/mol. The molecular weight excluding hydrogens is 330 g/mol. The van der Waals surface area contributed by atoms with Crippen LogP contribution in [0.4, 0.5) is 11.4 Å². The summed E-state index contributed by atoms with van der Waals surface area (Å²) in [6, 6.07) is 5.28. The Balaban J connectivity index is 2.20. The fraction of sp³-hybridized carbons (Fsp3) is 0.267. The van der Waals surface area contributed by atoms with Crippen molar-refractivity contribution in [1.82, 2.24) is 9.78 Å². The van der Waals surface area contributed by atoms with E-state index in [2.05, 4.69) is 15.7 Å². The van der Waals surface area contributed by atoms with Crippen LogP contribution in [0.5, 0.6) is 11.5 Å². The summed E-state index contributed by atoms with van der Waals surface area (Å²) in [5.74, 6) is 0.663. The van der Waals surface area contributed by atoms with E-state index >= 15 is 0 Å². The normalized spacial score (nSPS) is 10.1. The van der Waals surface area contributed by atoms with Gasteiger partial charge >= 0.3 is 0 Å². The Bertz CT molecular complexity index is 760. The predicted octanol–water partition coefficient (Wildman–Crippen LogP) is 1.83. The fourth-order valence-electron chi connectivity index (χ4n) is 2.16. The monoisotopic (exact) mass is 349 g/mol. The molecular formula is C15H19N5O3S. The molecule has 9 heteroatoms. The van der Waals surface area contributed by atoms with Crippen LogP contribution in [-0.2, 0) is 6.54 Å². The Morgan fingerprint density at radius 2 is 2.00 bits per heavy atom. The molecule has 4 N–H and O–H groups in total. The van der Waals surface area contributed by atoms with Gasteiger partial charge < -0.3 is 25.8 Å². The van der Waals surface area contributed by atoms with Crippen LogP contribution >= 0.6 is 12.2 Å². The van der Waals surface area contributed by atoms with Crippen molar-refractivity contribution >= 4 is 34.6 Å². The van der Waals surface area contributed by atoms with Crippen molar-refractivity contribution < 1.29 is 14.3 Å². The number of ether oxygens (including phenoxy) is 2. The van der Waals surface area contributed by atoms with E-state index in [1.54, 1.807) is 32.4 Å². The van der Waals surface area contributed by atoms with Crippen molar-refractivity contribution in [2.45, 2.75) is 13.5 Å². The third kappa shape index (κ3) is 3.74. The van der Waals surface area contributed by atoms with Gasteiger partial charge in [-0.3, -0.25) is 9.48 Å². The van der Waals surface area contributed by atoms with Crippen LogP contribution in [0.3, 0.4) is 0 Å². The molecule has 0 saturated carbocycles. The van der Waals surface area contributed by atoms with Gasteiger partial charge in [0.05, 0.1) is 31.8 Å². The Kier molecular flexibility index (Phi) is 5.59. The Morgan fingerprint density at radius 3 is 2.58 bits per heavy atom. The molecule has 0 saturated heterocycles. The van der Waals surface area contributed by atoms with E-state index in [1.807, 2.05) is 6.92 Å². The number of aryl methyl sites for hydroxylation is 1. The summed E-state index contributed by atoms with van der Waals surface area (Å²) in [5, 5.41) is 10.3. The number of aromatic nitrogens is 2. The average Bonchev–Trinajstić information content (AvgIpc) is 2.97. The number of rotatable bonds is 6. The number of nitrogens with one attached hydrogen (secondary N) is 2. The molecule has 8 nitrogen and oxygen atoms in total. The number of nitrogens with zero attached hydrogens (tertiary/aromatic N) is 2. The molecule has 0 radical (unpaired) electrons. The molecule has 0 bridgehead atoms. The molecule has 0 aliphatic heterocycles. The molecule has 1 amide bonds. The number of nitrogens with two attached hydrogens (primary N) is 1. The van der Waals surface area contributed by atoms with E-state index in [0.717, 1.165) is 0 Å². The Morgan fingerprint density at radius 1 is 1.29 bits per heavy atom. The zero-order chi connectivity index (χ0) is 17.7. The third-order valence-electron chi connectivity index (χ3n) is 3.28. The van der Waals surface area contributed by atoms with E-state index in [9.17, 15) is 4.79 Å². The quantitative estimate of drug-likeness (QED) is 0.684. The summed E-state index contributed by atoms with van der Waals surface area (Å²) in [7, 11) is 3.13.